The first kappa shape index (κ1) is 36.9. The van der Waals surface area contributed by atoms with Crippen molar-refractivity contribution in [2.24, 2.45) is 7.05 Å². The summed E-state index contributed by atoms with van der Waals surface area (Å²) < 4.78 is 4.84. The maximum Gasteiger partial charge on any atom is 0.0705 e. The van der Waals surface area contributed by atoms with E-state index in [-0.39, 0.29) is 5.41 Å². The number of hydrogen-bond donors (Lipinski definition) is 2. The number of aromatic nitrogens is 2. The highest BCUT2D eigenvalue weighted by Crippen LogP contribution is 2.49. The zero-order valence-corrected chi connectivity index (χ0v) is 34.9. The number of para-hydroxylation sites is 3. The molecule has 0 amide bonds. The second kappa shape index (κ2) is 14.2. The van der Waals surface area contributed by atoms with E-state index in [0.717, 1.165) is 34.7 Å². The molecule has 0 bridgehead atoms. The number of fused-ring (bicyclic) bond motifs is 10. The maximum atomic E-state index is 8.85. The molecule has 0 fully saturated rings. The van der Waals surface area contributed by atoms with Crippen LogP contribution in [-0.4, -0.2) is 14.8 Å². The van der Waals surface area contributed by atoms with Crippen molar-refractivity contribution in [3.8, 4) is 16.8 Å². The Balaban J connectivity index is 0.000000140. The standard InChI is InChI=1S/C31H26N2.C26H22N2/c1-32-28-13-7-5-12-25(28)27-19-21(16-18-29(27)32)22-15-17-26-24-11-6-8-14-30(24)33(31(26)20-22)23-9-3-2-4-10-23;1-26(2)22-10-6-5-9-19(22)21-15-17(12-14-23(21)26)24(27)20-13-11-16-7-3-4-8-18(16)25(20)28/h2-15,17,20-21H,16,18-19H2,1H3;3-15,27H,28H2,1-2H3. The summed E-state index contributed by atoms with van der Waals surface area (Å²) in [5, 5.41) is 15.0. The summed E-state index contributed by atoms with van der Waals surface area (Å²) in [4.78, 5) is 0. The molecular formula is C57H48N4. The van der Waals surface area contributed by atoms with Crippen molar-refractivity contribution < 1.29 is 0 Å². The Morgan fingerprint density at radius 1 is 0.607 bits per heavy atom. The topological polar surface area (TPSA) is 59.7 Å². The number of rotatable bonds is 4. The number of hydrogen-bond acceptors (Lipinski definition) is 2. The first-order chi connectivity index (χ1) is 29.8. The van der Waals surface area contributed by atoms with Crippen LogP contribution >= 0.6 is 0 Å². The molecule has 296 valence electrons. The largest absolute Gasteiger partial charge is 0.398 e. The van der Waals surface area contributed by atoms with Gasteiger partial charge in [-0.05, 0) is 100 Å². The molecule has 10 aromatic rings. The Hall–Kier alpha value is -7.17. The molecule has 0 aliphatic heterocycles. The fourth-order valence-electron chi connectivity index (χ4n) is 10.7. The minimum absolute atomic E-state index is 0.0192. The fraction of sp³-hybridized carbons (Fsp3) is 0.140. The van der Waals surface area contributed by atoms with Crippen molar-refractivity contribution in [1.82, 2.24) is 9.13 Å². The molecule has 8 aromatic carbocycles. The van der Waals surface area contributed by atoms with Crippen LogP contribution in [0.2, 0.25) is 0 Å². The Kier molecular flexibility index (Phi) is 8.61. The molecule has 4 heteroatoms. The third-order valence-corrected chi connectivity index (χ3v) is 13.8. The van der Waals surface area contributed by atoms with E-state index < -0.39 is 0 Å². The van der Waals surface area contributed by atoms with Crippen LogP contribution in [0.1, 0.15) is 65.3 Å². The molecule has 12 rings (SSSR count). The Labute approximate surface area is 357 Å². The number of nitrogens with zero attached hydrogens (tertiary/aromatic N) is 2. The summed E-state index contributed by atoms with van der Waals surface area (Å²) in [5.41, 5.74) is 24.1. The van der Waals surface area contributed by atoms with Gasteiger partial charge in [0, 0.05) is 67.7 Å². The van der Waals surface area contributed by atoms with Crippen LogP contribution in [-0.2, 0) is 25.3 Å². The molecular weight excluding hydrogens is 741 g/mol. The van der Waals surface area contributed by atoms with Gasteiger partial charge in [0.05, 0.1) is 16.7 Å². The van der Waals surface area contributed by atoms with Crippen molar-refractivity contribution in [2.75, 3.05) is 5.73 Å². The molecule has 2 aliphatic carbocycles. The highest BCUT2D eigenvalue weighted by molar-refractivity contribution is 6.18. The molecule has 1 unspecified atom stereocenters. The van der Waals surface area contributed by atoms with E-state index >= 15 is 0 Å². The second-order valence-corrected chi connectivity index (χ2v) is 17.5. The van der Waals surface area contributed by atoms with Gasteiger partial charge in [-0.25, -0.2) is 0 Å². The number of benzene rings is 8. The van der Waals surface area contributed by atoms with Crippen molar-refractivity contribution in [2.45, 2.75) is 44.4 Å². The third-order valence-electron chi connectivity index (χ3n) is 13.8. The van der Waals surface area contributed by atoms with Gasteiger partial charge in [0.15, 0.2) is 0 Å². The van der Waals surface area contributed by atoms with Crippen LogP contribution in [0.25, 0.3) is 60.3 Å². The Morgan fingerprint density at radius 3 is 2.11 bits per heavy atom. The van der Waals surface area contributed by atoms with Crippen LogP contribution in [0.5, 0.6) is 0 Å². The smallest absolute Gasteiger partial charge is 0.0705 e. The van der Waals surface area contributed by atoms with Gasteiger partial charge in [-0.15, -0.1) is 0 Å². The molecule has 3 N–H and O–H groups in total. The number of aryl methyl sites for hydroxylation is 1. The molecule has 2 aromatic heterocycles. The van der Waals surface area contributed by atoms with Gasteiger partial charge in [0.1, 0.15) is 0 Å². The summed E-state index contributed by atoms with van der Waals surface area (Å²) in [7, 11) is 2.23. The van der Waals surface area contributed by atoms with Gasteiger partial charge in [0.25, 0.3) is 0 Å². The molecule has 61 heavy (non-hydrogen) atoms. The fourth-order valence-corrected chi connectivity index (χ4v) is 10.7. The lowest BCUT2D eigenvalue weighted by atomic mass is 9.82. The molecule has 0 spiro atoms. The summed E-state index contributed by atoms with van der Waals surface area (Å²) in [5.74, 6) is 0.551. The van der Waals surface area contributed by atoms with Crippen LogP contribution < -0.4 is 5.73 Å². The quantitative estimate of drug-likeness (QED) is 0.135. The van der Waals surface area contributed by atoms with E-state index in [9.17, 15) is 0 Å². The molecule has 0 saturated carbocycles. The van der Waals surface area contributed by atoms with Gasteiger partial charge in [-0.2, -0.15) is 0 Å². The van der Waals surface area contributed by atoms with E-state index in [1.165, 1.54) is 78.3 Å². The highest BCUT2D eigenvalue weighted by Gasteiger charge is 2.35. The molecule has 0 radical (unpaired) electrons. The van der Waals surface area contributed by atoms with Gasteiger partial charge >= 0.3 is 0 Å². The summed E-state index contributed by atoms with van der Waals surface area (Å²) in [6.45, 7) is 4.54. The van der Waals surface area contributed by atoms with E-state index in [1.807, 2.05) is 36.4 Å². The minimum atomic E-state index is -0.0192. The number of anilines is 1. The molecule has 4 nitrogen and oxygen atoms in total. The second-order valence-electron chi connectivity index (χ2n) is 17.5. The molecule has 1 atom stereocenters. The normalized spacial score (nSPS) is 15.0. The van der Waals surface area contributed by atoms with E-state index in [0.29, 0.717) is 17.3 Å². The molecule has 0 saturated heterocycles. The summed E-state index contributed by atoms with van der Waals surface area (Å²) >= 11 is 0. The lowest BCUT2D eigenvalue weighted by molar-refractivity contribution is 0.569. The SMILES string of the molecule is CC1(C)c2ccccc2-c2cc(C(=N)c3ccc4ccccc4c3N)ccc21.Cn1c2c(c3ccccc31)CC(c1ccc3c4ccccc4n(-c4ccccc4)c3c1)CC2. The lowest BCUT2D eigenvalue weighted by Gasteiger charge is -2.24. The highest BCUT2D eigenvalue weighted by atomic mass is 15.0. The van der Waals surface area contributed by atoms with Crippen molar-refractivity contribution >= 4 is 54.9 Å². The van der Waals surface area contributed by atoms with Crippen LogP contribution in [0, 0.1) is 5.41 Å². The zero-order chi connectivity index (χ0) is 41.4. The van der Waals surface area contributed by atoms with Crippen LogP contribution in [0.3, 0.4) is 0 Å². The first-order valence-corrected chi connectivity index (χ1v) is 21.5. The van der Waals surface area contributed by atoms with E-state index in [4.69, 9.17) is 11.1 Å². The van der Waals surface area contributed by atoms with Crippen molar-refractivity contribution in [1.29, 1.82) is 5.41 Å². The van der Waals surface area contributed by atoms with Crippen LogP contribution in [0.4, 0.5) is 5.69 Å². The number of nitrogens with one attached hydrogen (secondary N) is 1. The molecule has 2 heterocycles. The summed E-state index contributed by atoms with van der Waals surface area (Å²) in [6.07, 6.45) is 3.47. The number of nitrogens with two attached hydrogens (primary N) is 1. The zero-order valence-electron chi connectivity index (χ0n) is 34.9. The van der Waals surface area contributed by atoms with Crippen molar-refractivity contribution in [3.05, 3.63) is 215 Å². The van der Waals surface area contributed by atoms with E-state index in [2.05, 4.69) is 170 Å². The predicted molar refractivity (Wildman–Crippen MR) is 257 cm³/mol. The Morgan fingerprint density at radius 2 is 1.28 bits per heavy atom. The van der Waals surface area contributed by atoms with Crippen molar-refractivity contribution in [3.63, 3.8) is 0 Å². The Bertz CT molecular complexity index is 3360. The summed E-state index contributed by atoms with van der Waals surface area (Å²) in [6, 6.07) is 62.7. The first-order valence-electron chi connectivity index (χ1n) is 21.5. The average molecular weight is 789 g/mol. The predicted octanol–water partition coefficient (Wildman–Crippen LogP) is 13.7. The van der Waals surface area contributed by atoms with E-state index in [1.54, 1.807) is 5.56 Å². The van der Waals surface area contributed by atoms with Gasteiger partial charge in [-0.1, -0.05) is 153 Å². The minimum Gasteiger partial charge on any atom is -0.398 e. The maximum absolute atomic E-state index is 8.85. The third kappa shape index (κ3) is 5.84. The molecule has 2 aliphatic rings. The lowest BCUT2D eigenvalue weighted by Crippen LogP contribution is -2.15. The van der Waals surface area contributed by atoms with Gasteiger partial charge < -0.3 is 14.9 Å². The van der Waals surface area contributed by atoms with Gasteiger partial charge in [0.2, 0.25) is 0 Å². The van der Waals surface area contributed by atoms with Gasteiger partial charge in [-0.3, -0.25) is 5.41 Å². The average Bonchev–Trinajstić information content (AvgIpc) is 3.88. The number of nitrogen functional groups attached to an aromatic ring is 1. The monoisotopic (exact) mass is 788 g/mol. The van der Waals surface area contributed by atoms with Crippen LogP contribution in [0.15, 0.2) is 176 Å².